The van der Waals surface area contributed by atoms with Crippen molar-refractivity contribution in [2.24, 2.45) is 0 Å². The monoisotopic (exact) mass is 407 g/mol. The molecule has 0 aliphatic carbocycles. The van der Waals surface area contributed by atoms with E-state index in [0.717, 1.165) is 43.2 Å². The molecule has 2 heterocycles. The first-order valence-corrected chi connectivity index (χ1v) is 10.6. The molecule has 29 heavy (non-hydrogen) atoms. The molecule has 0 saturated carbocycles. The molecular formula is C22H23N4O2S+. The van der Waals surface area contributed by atoms with Gasteiger partial charge >= 0.3 is 0 Å². The highest BCUT2D eigenvalue weighted by Crippen LogP contribution is 2.21. The smallest absolute Gasteiger partial charge is 0.263 e. The Bertz CT molecular complexity index is 1000. The lowest BCUT2D eigenvalue weighted by Gasteiger charge is -2.33. The molecule has 0 bridgehead atoms. The molecule has 3 aromatic rings. The number of benzene rings is 2. The molecule has 1 amide bonds. The normalized spacial score (nSPS) is 15.8. The van der Waals surface area contributed by atoms with Crippen LogP contribution in [0.4, 0.5) is 0 Å². The number of hydrogen-bond donors (Lipinski definition) is 1. The Morgan fingerprint density at radius 1 is 1.24 bits per heavy atom. The summed E-state index contributed by atoms with van der Waals surface area (Å²) in [4.78, 5) is 20.8. The van der Waals surface area contributed by atoms with Crippen LogP contribution in [0.3, 0.4) is 0 Å². The number of carbonyl (C=O) groups excluding carboxylic acids is 1. The van der Waals surface area contributed by atoms with Gasteiger partial charge in [0.1, 0.15) is 17.3 Å². The average molecular weight is 408 g/mol. The Morgan fingerprint density at radius 2 is 1.97 bits per heavy atom. The highest BCUT2D eigenvalue weighted by atomic mass is 32.1. The van der Waals surface area contributed by atoms with E-state index in [2.05, 4.69) is 18.2 Å². The van der Waals surface area contributed by atoms with Crippen molar-refractivity contribution in [1.29, 1.82) is 5.26 Å². The second-order valence-electron chi connectivity index (χ2n) is 7.22. The van der Waals surface area contributed by atoms with Crippen LogP contribution >= 0.6 is 11.3 Å². The minimum Gasteiger partial charge on any atom is -0.481 e. The second kappa shape index (κ2) is 8.60. The fraction of sp³-hybridized carbons (Fsp3) is 0.318. The van der Waals surface area contributed by atoms with Crippen molar-refractivity contribution in [3.63, 3.8) is 0 Å². The standard InChI is InChI=1S/C22H22N4O2S/c1-16(28-18-8-6-17(14-23)7-9-18)22(27)26-12-10-25(11-13-26)15-21-24-19-4-2-3-5-20(19)29-21/h2-9,16H,10-13,15H2,1H3/p+1/t16-/m1/s1. The Balaban J connectivity index is 1.28. The number of nitrogens with zero attached hydrogens (tertiary/aromatic N) is 3. The van der Waals surface area contributed by atoms with Gasteiger partial charge in [0.25, 0.3) is 5.91 Å². The summed E-state index contributed by atoms with van der Waals surface area (Å²) in [6.45, 7) is 5.94. The number of nitriles is 1. The Morgan fingerprint density at radius 3 is 2.66 bits per heavy atom. The molecule has 6 nitrogen and oxygen atoms in total. The van der Waals surface area contributed by atoms with Crippen LogP contribution in [0.1, 0.15) is 17.5 Å². The Labute approximate surface area is 173 Å². The van der Waals surface area contributed by atoms with Gasteiger partial charge in [0.2, 0.25) is 0 Å². The van der Waals surface area contributed by atoms with E-state index in [1.807, 2.05) is 17.0 Å². The van der Waals surface area contributed by atoms with Gasteiger partial charge in [-0.1, -0.05) is 12.1 Å². The van der Waals surface area contributed by atoms with Crippen LogP contribution in [-0.4, -0.2) is 48.1 Å². The van der Waals surface area contributed by atoms with Crippen LogP contribution in [0.5, 0.6) is 5.75 Å². The van der Waals surface area contributed by atoms with E-state index < -0.39 is 6.10 Å². The molecular weight excluding hydrogens is 384 g/mol. The predicted molar refractivity (Wildman–Crippen MR) is 112 cm³/mol. The van der Waals surface area contributed by atoms with Gasteiger partial charge in [-0.3, -0.25) is 4.79 Å². The lowest BCUT2D eigenvalue weighted by atomic mass is 10.2. The van der Waals surface area contributed by atoms with E-state index in [9.17, 15) is 4.79 Å². The Kier molecular flexibility index (Phi) is 5.74. The average Bonchev–Trinajstić information content (AvgIpc) is 3.16. The van der Waals surface area contributed by atoms with Crippen LogP contribution in [0.25, 0.3) is 10.2 Å². The van der Waals surface area contributed by atoms with Gasteiger partial charge in [0.05, 0.1) is 48.0 Å². The van der Waals surface area contributed by atoms with Gasteiger partial charge < -0.3 is 14.5 Å². The van der Waals surface area contributed by atoms with Crippen molar-refractivity contribution in [3.8, 4) is 11.8 Å². The molecule has 7 heteroatoms. The van der Waals surface area contributed by atoms with Gasteiger partial charge in [0, 0.05) is 0 Å². The lowest BCUT2D eigenvalue weighted by Crippen LogP contribution is -3.13. The summed E-state index contributed by atoms with van der Waals surface area (Å²) in [6.07, 6.45) is -0.547. The fourth-order valence-corrected chi connectivity index (χ4v) is 4.59. The molecule has 2 aromatic carbocycles. The molecule has 1 N–H and O–H groups in total. The zero-order chi connectivity index (χ0) is 20.2. The fourth-order valence-electron chi connectivity index (χ4n) is 3.55. The highest BCUT2D eigenvalue weighted by molar-refractivity contribution is 7.18. The molecule has 0 spiro atoms. The predicted octanol–water partition coefficient (Wildman–Crippen LogP) is 1.86. The third kappa shape index (κ3) is 4.56. The number of rotatable bonds is 5. The second-order valence-corrected chi connectivity index (χ2v) is 8.34. The van der Waals surface area contributed by atoms with Crippen molar-refractivity contribution in [1.82, 2.24) is 9.88 Å². The molecule has 0 unspecified atom stereocenters. The van der Waals surface area contributed by atoms with E-state index in [-0.39, 0.29) is 5.91 Å². The van der Waals surface area contributed by atoms with Crippen molar-refractivity contribution in [2.75, 3.05) is 26.2 Å². The largest absolute Gasteiger partial charge is 0.481 e. The van der Waals surface area contributed by atoms with Crippen LogP contribution < -0.4 is 9.64 Å². The molecule has 1 atom stereocenters. The lowest BCUT2D eigenvalue weighted by molar-refractivity contribution is -0.917. The quantitative estimate of drug-likeness (QED) is 0.701. The summed E-state index contributed by atoms with van der Waals surface area (Å²) >= 11 is 1.75. The number of amides is 1. The highest BCUT2D eigenvalue weighted by Gasteiger charge is 2.28. The maximum atomic E-state index is 12.7. The first kappa shape index (κ1) is 19.4. The molecule has 1 aliphatic heterocycles. The van der Waals surface area contributed by atoms with Crippen LogP contribution in [0, 0.1) is 11.3 Å². The first-order valence-electron chi connectivity index (χ1n) is 9.76. The van der Waals surface area contributed by atoms with Crippen LogP contribution in [-0.2, 0) is 11.3 Å². The summed E-state index contributed by atoms with van der Waals surface area (Å²) in [6, 6.07) is 17.1. The van der Waals surface area contributed by atoms with E-state index in [0.29, 0.717) is 11.3 Å². The van der Waals surface area contributed by atoms with Gasteiger partial charge in [-0.25, -0.2) is 4.98 Å². The summed E-state index contributed by atoms with van der Waals surface area (Å²) in [5.41, 5.74) is 1.64. The van der Waals surface area contributed by atoms with Crippen LogP contribution in [0.15, 0.2) is 48.5 Å². The van der Waals surface area contributed by atoms with E-state index in [1.54, 1.807) is 42.5 Å². The number of carbonyl (C=O) groups is 1. The SMILES string of the molecule is C[C@@H](Oc1ccc(C#N)cc1)C(=O)N1CC[NH+](Cc2nc3ccccc3s2)CC1. The summed E-state index contributed by atoms with van der Waals surface area (Å²) in [5, 5.41) is 10.0. The topological polar surface area (TPSA) is 70.7 Å². The molecule has 0 radical (unpaired) electrons. The summed E-state index contributed by atoms with van der Waals surface area (Å²) < 4.78 is 7.00. The first-order chi connectivity index (χ1) is 14.1. The van der Waals surface area contributed by atoms with Gasteiger partial charge in [-0.2, -0.15) is 5.26 Å². The maximum Gasteiger partial charge on any atom is 0.263 e. The zero-order valence-corrected chi connectivity index (χ0v) is 17.1. The van der Waals surface area contributed by atoms with Crippen molar-refractivity contribution >= 4 is 27.5 Å². The minimum absolute atomic E-state index is 0.00777. The zero-order valence-electron chi connectivity index (χ0n) is 16.3. The molecule has 1 aromatic heterocycles. The van der Waals surface area contributed by atoms with Crippen molar-refractivity contribution in [2.45, 2.75) is 19.6 Å². The van der Waals surface area contributed by atoms with Gasteiger partial charge in [0.15, 0.2) is 6.10 Å². The molecule has 148 valence electrons. The van der Waals surface area contributed by atoms with Gasteiger partial charge in [-0.05, 0) is 43.3 Å². The van der Waals surface area contributed by atoms with Crippen molar-refractivity contribution in [3.05, 3.63) is 59.1 Å². The van der Waals surface area contributed by atoms with E-state index >= 15 is 0 Å². The number of piperazine rings is 1. The number of para-hydroxylation sites is 1. The number of hydrogen-bond acceptors (Lipinski definition) is 5. The number of aromatic nitrogens is 1. The number of fused-ring (bicyclic) bond motifs is 1. The van der Waals surface area contributed by atoms with E-state index in [1.165, 1.54) is 9.60 Å². The Hall–Kier alpha value is -2.95. The molecule has 1 saturated heterocycles. The number of quaternary nitrogens is 1. The summed E-state index contributed by atoms with van der Waals surface area (Å²) in [7, 11) is 0. The van der Waals surface area contributed by atoms with E-state index in [4.69, 9.17) is 15.0 Å². The summed E-state index contributed by atoms with van der Waals surface area (Å²) in [5.74, 6) is 0.610. The number of thiazole rings is 1. The molecule has 1 aliphatic rings. The number of nitrogens with one attached hydrogen (secondary N) is 1. The van der Waals surface area contributed by atoms with Crippen molar-refractivity contribution < 1.29 is 14.4 Å². The van der Waals surface area contributed by atoms with Gasteiger partial charge in [-0.15, -0.1) is 11.3 Å². The third-order valence-electron chi connectivity index (χ3n) is 5.17. The molecule has 1 fully saturated rings. The van der Waals surface area contributed by atoms with Crippen LogP contribution in [0.2, 0.25) is 0 Å². The minimum atomic E-state index is -0.547. The maximum absolute atomic E-state index is 12.7. The number of ether oxygens (including phenoxy) is 1. The third-order valence-corrected chi connectivity index (χ3v) is 6.20. The molecule has 4 rings (SSSR count).